The van der Waals surface area contributed by atoms with Crippen LogP contribution in [0.2, 0.25) is 0 Å². The average molecular weight is 405 g/mol. The van der Waals surface area contributed by atoms with Crippen LogP contribution in [0.1, 0.15) is 19.3 Å². The number of carboxylic acids is 1. The number of thiophene rings is 1. The molecular weight excluding hydrogens is 384 g/mol. The Morgan fingerprint density at radius 3 is 2.52 bits per heavy atom. The van der Waals surface area contributed by atoms with Gasteiger partial charge in [0.15, 0.2) is 0 Å². The van der Waals surface area contributed by atoms with E-state index in [1.54, 1.807) is 16.3 Å². The van der Waals surface area contributed by atoms with Crippen molar-refractivity contribution in [3.63, 3.8) is 0 Å². The first-order valence-electron chi connectivity index (χ1n) is 8.05. The molecule has 10 heteroatoms. The minimum atomic E-state index is -3.72. The Bertz CT molecular complexity index is 741. The van der Waals surface area contributed by atoms with Crippen LogP contribution < -0.4 is 0 Å². The zero-order valence-electron chi connectivity index (χ0n) is 13.4. The summed E-state index contributed by atoms with van der Waals surface area (Å²) in [4.78, 5) is 25.5. The second-order valence-electron chi connectivity index (χ2n) is 6.35. The quantitative estimate of drug-likeness (QED) is 0.734. The maximum atomic E-state index is 12.9. The SMILES string of the molecule is O=C(O)C1CCN(C(=O)C2CC(S)CN2S(=O)(=O)c2cccs2)CC1. The van der Waals surface area contributed by atoms with Crippen molar-refractivity contribution in [3.8, 4) is 0 Å². The van der Waals surface area contributed by atoms with Crippen molar-refractivity contribution >= 4 is 45.9 Å². The number of thiol groups is 1. The lowest BCUT2D eigenvalue weighted by molar-refractivity contribution is -0.146. The van der Waals surface area contributed by atoms with E-state index in [0.29, 0.717) is 32.4 Å². The summed E-state index contributed by atoms with van der Waals surface area (Å²) in [6.07, 6.45) is 1.16. The van der Waals surface area contributed by atoms with Crippen molar-refractivity contribution in [2.24, 2.45) is 5.92 Å². The van der Waals surface area contributed by atoms with Gasteiger partial charge in [0.05, 0.1) is 5.92 Å². The molecule has 1 N–H and O–H groups in total. The fourth-order valence-corrected chi connectivity index (χ4v) is 6.60. The molecule has 1 amide bonds. The first-order chi connectivity index (χ1) is 11.8. The second kappa shape index (κ2) is 7.26. The Hall–Kier alpha value is -1.10. The monoisotopic (exact) mass is 404 g/mol. The third kappa shape index (κ3) is 3.71. The molecule has 2 saturated heterocycles. The molecule has 25 heavy (non-hydrogen) atoms. The molecule has 1 aromatic rings. The highest BCUT2D eigenvalue weighted by atomic mass is 32.2. The third-order valence-corrected chi connectivity index (χ3v) is 8.35. The maximum Gasteiger partial charge on any atom is 0.306 e. The number of hydrogen-bond donors (Lipinski definition) is 2. The summed E-state index contributed by atoms with van der Waals surface area (Å²) in [6.45, 7) is 0.887. The molecular formula is C15H20N2O5S3. The zero-order valence-corrected chi connectivity index (χ0v) is 16.0. The molecule has 0 spiro atoms. The summed E-state index contributed by atoms with van der Waals surface area (Å²) in [7, 11) is -3.72. The van der Waals surface area contributed by atoms with Crippen molar-refractivity contribution in [1.82, 2.24) is 9.21 Å². The summed E-state index contributed by atoms with van der Waals surface area (Å²) < 4.78 is 27.1. The van der Waals surface area contributed by atoms with Gasteiger partial charge >= 0.3 is 5.97 Å². The Kier molecular flexibility index (Phi) is 5.42. The van der Waals surface area contributed by atoms with Gasteiger partial charge in [-0.3, -0.25) is 9.59 Å². The molecule has 1 aromatic heterocycles. The summed E-state index contributed by atoms with van der Waals surface area (Å²) in [5, 5.41) is 10.6. The summed E-state index contributed by atoms with van der Waals surface area (Å²) >= 11 is 5.51. The zero-order chi connectivity index (χ0) is 18.2. The second-order valence-corrected chi connectivity index (χ2v) is 10.1. The first-order valence-corrected chi connectivity index (χ1v) is 10.9. The molecule has 3 rings (SSSR count). The molecule has 7 nitrogen and oxygen atoms in total. The molecule has 2 fully saturated rings. The molecule has 0 radical (unpaired) electrons. The molecule has 0 saturated carbocycles. The molecule has 0 bridgehead atoms. The van der Waals surface area contributed by atoms with Gasteiger partial charge in [0.2, 0.25) is 5.91 Å². The van der Waals surface area contributed by atoms with E-state index in [-0.39, 0.29) is 21.9 Å². The normalized spacial score (nSPS) is 26.0. The van der Waals surface area contributed by atoms with Gasteiger partial charge in [0.25, 0.3) is 10.0 Å². The summed E-state index contributed by atoms with van der Waals surface area (Å²) in [6, 6.07) is 2.43. The van der Waals surface area contributed by atoms with E-state index in [0.717, 1.165) is 11.3 Å². The van der Waals surface area contributed by atoms with E-state index in [4.69, 9.17) is 5.11 Å². The van der Waals surface area contributed by atoms with Crippen LogP contribution in [0.3, 0.4) is 0 Å². The van der Waals surface area contributed by atoms with Gasteiger partial charge in [0, 0.05) is 24.9 Å². The van der Waals surface area contributed by atoms with Gasteiger partial charge in [-0.15, -0.1) is 11.3 Å². The lowest BCUT2D eigenvalue weighted by Crippen LogP contribution is -2.50. The predicted octanol–water partition coefficient (Wildman–Crippen LogP) is 1.13. The van der Waals surface area contributed by atoms with E-state index < -0.39 is 28.0 Å². The number of hydrogen-bond acceptors (Lipinski definition) is 6. The van der Waals surface area contributed by atoms with Crippen LogP contribution in [0, 0.1) is 5.92 Å². The standard InChI is InChI=1S/C15H20N2O5S3/c18-14(16-5-3-10(4-6-16)15(19)20)12-8-11(23)9-17(12)25(21,22)13-2-1-7-24-13/h1-2,7,10-12,23H,3-6,8-9H2,(H,19,20). The number of sulfonamides is 1. The van der Waals surface area contributed by atoms with Crippen molar-refractivity contribution in [2.75, 3.05) is 19.6 Å². The molecule has 2 unspecified atom stereocenters. The van der Waals surface area contributed by atoms with Gasteiger partial charge in [-0.25, -0.2) is 8.42 Å². The minimum absolute atomic E-state index is 0.194. The Morgan fingerprint density at radius 1 is 1.28 bits per heavy atom. The molecule has 2 aliphatic heterocycles. The average Bonchev–Trinajstić information content (AvgIpc) is 3.24. The molecule has 0 aliphatic carbocycles. The van der Waals surface area contributed by atoms with Crippen LogP contribution in [0.25, 0.3) is 0 Å². The highest BCUT2D eigenvalue weighted by Crippen LogP contribution is 2.32. The number of carboxylic acid groups (broad SMARTS) is 1. The van der Waals surface area contributed by atoms with Crippen LogP contribution in [0.15, 0.2) is 21.7 Å². The number of likely N-dealkylation sites (tertiary alicyclic amines) is 1. The highest BCUT2D eigenvalue weighted by Gasteiger charge is 2.45. The largest absolute Gasteiger partial charge is 0.481 e. The van der Waals surface area contributed by atoms with Crippen LogP contribution in [-0.4, -0.2) is 65.5 Å². The van der Waals surface area contributed by atoms with Crippen molar-refractivity contribution in [1.29, 1.82) is 0 Å². The van der Waals surface area contributed by atoms with E-state index in [1.165, 1.54) is 10.4 Å². The number of carbonyl (C=O) groups excluding carboxylic acids is 1. The van der Waals surface area contributed by atoms with Crippen molar-refractivity contribution < 1.29 is 23.1 Å². The first kappa shape index (κ1) is 18.7. The summed E-state index contributed by atoms with van der Waals surface area (Å²) in [5.41, 5.74) is 0. The smallest absolute Gasteiger partial charge is 0.306 e. The lowest BCUT2D eigenvalue weighted by Gasteiger charge is -2.33. The Labute approximate surface area is 156 Å². The Morgan fingerprint density at radius 2 is 1.96 bits per heavy atom. The molecule has 2 aliphatic rings. The maximum absolute atomic E-state index is 12.9. The van der Waals surface area contributed by atoms with Gasteiger partial charge in [-0.1, -0.05) is 6.07 Å². The highest BCUT2D eigenvalue weighted by molar-refractivity contribution is 7.91. The fraction of sp³-hybridized carbons (Fsp3) is 0.600. The minimum Gasteiger partial charge on any atom is -0.481 e. The lowest BCUT2D eigenvalue weighted by atomic mass is 9.96. The number of amides is 1. The van der Waals surface area contributed by atoms with E-state index in [2.05, 4.69) is 12.6 Å². The van der Waals surface area contributed by atoms with Gasteiger partial charge < -0.3 is 10.0 Å². The molecule has 0 aromatic carbocycles. The number of carbonyl (C=O) groups is 2. The number of rotatable bonds is 4. The van der Waals surface area contributed by atoms with Crippen LogP contribution >= 0.6 is 24.0 Å². The number of piperidine rings is 1. The fourth-order valence-electron chi connectivity index (χ4n) is 3.36. The third-order valence-electron chi connectivity index (χ3n) is 4.73. The van der Waals surface area contributed by atoms with Gasteiger partial charge in [0.1, 0.15) is 10.3 Å². The molecule has 2 atom stereocenters. The summed E-state index contributed by atoms with van der Waals surface area (Å²) in [5.74, 6) is -1.53. The van der Waals surface area contributed by atoms with Crippen LogP contribution in [0.5, 0.6) is 0 Å². The predicted molar refractivity (Wildman–Crippen MR) is 96.3 cm³/mol. The molecule has 3 heterocycles. The van der Waals surface area contributed by atoms with Crippen LogP contribution in [-0.2, 0) is 19.6 Å². The van der Waals surface area contributed by atoms with Gasteiger partial charge in [-0.05, 0) is 30.7 Å². The van der Waals surface area contributed by atoms with E-state index in [9.17, 15) is 18.0 Å². The van der Waals surface area contributed by atoms with E-state index >= 15 is 0 Å². The van der Waals surface area contributed by atoms with Crippen molar-refractivity contribution in [2.45, 2.75) is 34.8 Å². The Balaban J connectivity index is 1.76. The number of aliphatic carboxylic acids is 1. The van der Waals surface area contributed by atoms with Gasteiger partial charge in [-0.2, -0.15) is 16.9 Å². The topological polar surface area (TPSA) is 95.0 Å². The van der Waals surface area contributed by atoms with E-state index in [1.807, 2.05) is 0 Å². The number of nitrogens with zero attached hydrogens (tertiary/aromatic N) is 2. The van der Waals surface area contributed by atoms with Crippen molar-refractivity contribution in [3.05, 3.63) is 17.5 Å². The van der Waals surface area contributed by atoms with Crippen LogP contribution in [0.4, 0.5) is 0 Å². The molecule has 138 valence electrons.